The third kappa shape index (κ3) is 4.58. The number of fused-ring (bicyclic) bond motifs is 1. The lowest BCUT2D eigenvalue weighted by atomic mass is 10.1. The molecule has 142 valence electrons. The molecule has 2 N–H and O–H groups in total. The fraction of sp³-hybridized carbons (Fsp3) is 0.263. The maximum absolute atomic E-state index is 12.9. The maximum Gasteiger partial charge on any atom is 0.262 e. The summed E-state index contributed by atoms with van der Waals surface area (Å²) in [5.41, 5.74) is 1.57. The SMILES string of the molecule is CCCSc1nc2ccccc2c(=O)n1CCc1ccc(S(N)(=O)=O)cc1. The molecule has 0 fully saturated rings. The van der Waals surface area contributed by atoms with Crippen molar-refractivity contribution < 1.29 is 8.42 Å². The zero-order chi connectivity index (χ0) is 19.4. The first kappa shape index (κ1) is 19.6. The molecule has 0 unspecified atom stereocenters. The second-order valence-electron chi connectivity index (χ2n) is 6.16. The van der Waals surface area contributed by atoms with Crippen molar-refractivity contribution in [2.45, 2.75) is 36.4 Å². The zero-order valence-electron chi connectivity index (χ0n) is 15.0. The van der Waals surface area contributed by atoms with Crippen molar-refractivity contribution in [2.75, 3.05) is 5.75 Å². The summed E-state index contributed by atoms with van der Waals surface area (Å²) in [6.45, 7) is 2.56. The van der Waals surface area contributed by atoms with Crippen molar-refractivity contribution >= 4 is 32.7 Å². The van der Waals surface area contributed by atoms with Gasteiger partial charge in [-0.2, -0.15) is 0 Å². The van der Waals surface area contributed by atoms with Gasteiger partial charge in [0.25, 0.3) is 5.56 Å². The second-order valence-corrected chi connectivity index (χ2v) is 8.78. The zero-order valence-corrected chi connectivity index (χ0v) is 16.6. The number of primary sulfonamides is 1. The van der Waals surface area contributed by atoms with E-state index in [-0.39, 0.29) is 10.5 Å². The number of benzene rings is 2. The topological polar surface area (TPSA) is 95.0 Å². The lowest BCUT2D eigenvalue weighted by molar-refractivity contribution is 0.594. The third-order valence-corrected chi connectivity index (χ3v) is 6.25. The molecule has 1 aromatic heterocycles. The molecule has 0 aliphatic carbocycles. The predicted octanol–water partition coefficient (Wildman–Crippen LogP) is 2.79. The van der Waals surface area contributed by atoms with E-state index < -0.39 is 10.0 Å². The lowest BCUT2D eigenvalue weighted by Crippen LogP contribution is -2.24. The number of hydrogen-bond acceptors (Lipinski definition) is 5. The summed E-state index contributed by atoms with van der Waals surface area (Å²) in [7, 11) is -3.70. The fourth-order valence-electron chi connectivity index (χ4n) is 2.74. The molecular formula is C19H21N3O3S2. The Kier molecular flexibility index (Phi) is 5.98. The molecule has 3 aromatic rings. The third-order valence-electron chi connectivity index (χ3n) is 4.14. The van der Waals surface area contributed by atoms with Crippen LogP contribution in [-0.4, -0.2) is 23.7 Å². The van der Waals surface area contributed by atoms with Gasteiger partial charge in [-0.1, -0.05) is 43.0 Å². The molecule has 0 spiro atoms. The van der Waals surface area contributed by atoms with E-state index in [0.29, 0.717) is 29.0 Å². The summed E-state index contributed by atoms with van der Waals surface area (Å²) in [6, 6.07) is 13.8. The molecule has 0 bridgehead atoms. The van der Waals surface area contributed by atoms with Crippen LogP contribution in [0.4, 0.5) is 0 Å². The highest BCUT2D eigenvalue weighted by molar-refractivity contribution is 7.99. The van der Waals surface area contributed by atoms with Gasteiger partial charge >= 0.3 is 0 Å². The van der Waals surface area contributed by atoms with Gasteiger partial charge in [-0.05, 0) is 42.7 Å². The van der Waals surface area contributed by atoms with Crippen LogP contribution in [0.5, 0.6) is 0 Å². The monoisotopic (exact) mass is 403 g/mol. The number of nitrogens with two attached hydrogens (primary N) is 1. The van der Waals surface area contributed by atoms with Gasteiger partial charge in [-0.15, -0.1) is 0 Å². The van der Waals surface area contributed by atoms with Crippen molar-refractivity contribution in [1.82, 2.24) is 9.55 Å². The first-order chi connectivity index (χ1) is 12.9. The van der Waals surface area contributed by atoms with Gasteiger partial charge in [-0.3, -0.25) is 9.36 Å². The molecule has 3 rings (SSSR count). The predicted molar refractivity (Wildman–Crippen MR) is 109 cm³/mol. The Bertz CT molecular complexity index is 1110. The number of hydrogen-bond donors (Lipinski definition) is 1. The smallest absolute Gasteiger partial charge is 0.262 e. The minimum Gasteiger partial charge on any atom is -0.287 e. The normalized spacial score (nSPS) is 11.8. The summed E-state index contributed by atoms with van der Waals surface area (Å²) in [5.74, 6) is 0.883. The standard InChI is InChI=1S/C19H21N3O3S2/c1-2-13-26-19-21-17-6-4-3-5-16(17)18(23)22(19)12-11-14-7-9-15(10-8-14)27(20,24)25/h3-10H,2,11-13H2,1H3,(H2,20,24,25). The van der Waals surface area contributed by atoms with Crippen LogP contribution in [0.3, 0.4) is 0 Å². The summed E-state index contributed by atoms with van der Waals surface area (Å²) in [4.78, 5) is 17.7. The molecule has 0 radical (unpaired) electrons. The summed E-state index contributed by atoms with van der Waals surface area (Å²) >= 11 is 1.57. The first-order valence-corrected chi connectivity index (χ1v) is 11.2. The van der Waals surface area contributed by atoms with E-state index in [1.54, 1.807) is 34.5 Å². The summed E-state index contributed by atoms with van der Waals surface area (Å²) in [6.07, 6.45) is 1.58. The highest BCUT2D eigenvalue weighted by Crippen LogP contribution is 2.19. The molecule has 1 heterocycles. The maximum atomic E-state index is 12.9. The van der Waals surface area contributed by atoms with Crippen LogP contribution in [0.1, 0.15) is 18.9 Å². The van der Waals surface area contributed by atoms with Crippen LogP contribution in [0.2, 0.25) is 0 Å². The minimum atomic E-state index is -3.70. The average Bonchev–Trinajstić information content (AvgIpc) is 2.65. The van der Waals surface area contributed by atoms with E-state index in [0.717, 1.165) is 17.7 Å². The highest BCUT2D eigenvalue weighted by atomic mass is 32.2. The molecular weight excluding hydrogens is 382 g/mol. The van der Waals surface area contributed by atoms with E-state index in [9.17, 15) is 13.2 Å². The average molecular weight is 404 g/mol. The van der Waals surface area contributed by atoms with Crippen LogP contribution in [0.15, 0.2) is 63.4 Å². The Morgan fingerprint density at radius 3 is 2.48 bits per heavy atom. The largest absolute Gasteiger partial charge is 0.287 e. The van der Waals surface area contributed by atoms with Gasteiger partial charge in [-0.25, -0.2) is 18.5 Å². The number of nitrogens with zero attached hydrogens (tertiary/aromatic N) is 2. The second kappa shape index (κ2) is 8.24. The van der Waals surface area contributed by atoms with Gasteiger partial charge in [0, 0.05) is 12.3 Å². The number of sulfonamides is 1. The van der Waals surface area contributed by atoms with Gasteiger partial charge < -0.3 is 0 Å². The fourth-order valence-corrected chi connectivity index (χ4v) is 4.13. The van der Waals surface area contributed by atoms with Gasteiger partial charge in [0.1, 0.15) is 0 Å². The minimum absolute atomic E-state index is 0.0552. The number of aromatic nitrogens is 2. The van der Waals surface area contributed by atoms with E-state index >= 15 is 0 Å². The van der Waals surface area contributed by atoms with Gasteiger partial charge in [0.2, 0.25) is 10.0 Å². The van der Waals surface area contributed by atoms with Crippen molar-refractivity contribution in [3.63, 3.8) is 0 Å². The molecule has 27 heavy (non-hydrogen) atoms. The van der Waals surface area contributed by atoms with Crippen molar-refractivity contribution in [3.05, 3.63) is 64.4 Å². The van der Waals surface area contributed by atoms with Crippen molar-refractivity contribution in [3.8, 4) is 0 Å². The van der Waals surface area contributed by atoms with E-state index in [1.807, 2.05) is 18.2 Å². The molecule has 8 heteroatoms. The molecule has 0 amide bonds. The molecule has 6 nitrogen and oxygen atoms in total. The molecule has 0 atom stereocenters. The quantitative estimate of drug-likeness (QED) is 0.483. The molecule has 2 aromatic carbocycles. The van der Waals surface area contributed by atoms with Crippen LogP contribution in [0.25, 0.3) is 10.9 Å². The molecule has 0 saturated carbocycles. The van der Waals surface area contributed by atoms with E-state index in [4.69, 9.17) is 5.14 Å². The summed E-state index contributed by atoms with van der Waals surface area (Å²) < 4.78 is 24.4. The van der Waals surface area contributed by atoms with Crippen LogP contribution in [0, 0.1) is 0 Å². The Hall–Kier alpha value is -2.16. The number of para-hydroxylation sites is 1. The molecule has 0 saturated heterocycles. The van der Waals surface area contributed by atoms with Crippen molar-refractivity contribution in [2.24, 2.45) is 5.14 Å². The Balaban J connectivity index is 1.91. The van der Waals surface area contributed by atoms with Crippen molar-refractivity contribution in [1.29, 1.82) is 0 Å². The van der Waals surface area contributed by atoms with E-state index in [2.05, 4.69) is 11.9 Å². The lowest BCUT2D eigenvalue weighted by Gasteiger charge is -2.13. The van der Waals surface area contributed by atoms with E-state index in [1.165, 1.54) is 12.1 Å². The van der Waals surface area contributed by atoms with Gasteiger partial charge in [0.15, 0.2) is 5.16 Å². The van der Waals surface area contributed by atoms with Crippen LogP contribution < -0.4 is 10.7 Å². The summed E-state index contributed by atoms with van der Waals surface area (Å²) in [5, 5.41) is 6.44. The molecule has 0 aliphatic rings. The first-order valence-electron chi connectivity index (χ1n) is 8.64. The Morgan fingerprint density at radius 1 is 1.11 bits per heavy atom. The number of thioether (sulfide) groups is 1. The Morgan fingerprint density at radius 2 is 1.81 bits per heavy atom. The molecule has 0 aliphatic heterocycles. The Labute approximate surface area is 162 Å². The van der Waals surface area contributed by atoms with Crippen LogP contribution in [-0.2, 0) is 23.0 Å². The number of rotatable bonds is 7. The van der Waals surface area contributed by atoms with Gasteiger partial charge in [0.05, 0.1) is 15.8 Å². The highest BCUT2D eigenvalue weighted by Gasteiger charge is 2.12. The number of aryl methyl sites for hydroxylation is 1. The van der Waals surface area contributed by atoms with Crippen LogP contribution >= 0.6 is 11.8 Å².